The maximum Gasteiger partial charge on any atom is 0.419 e. The van der Waals surface area contributed by atoms with Crippen molar-refractivity contribution in [3.63, 3.8) is 0 Å². The Morgan fingerprint density at radius 3 is 2.68 bits per heavy atom. The highest BCUT2D eigenvalue weighted by Gasteiger charge is 2.34. The molecule has 0 atom stereocenters. The van der Waals surface area contributed by atoms with Crippen LogP contribution in [0.3, 0.4) is 0 Å². The number of aromatic nitrogens is 2. The lowest BCUT2D eigenvalue weighted by Crippen LogP contribution is -2.06. The average Bonchev–Trinajstić information content (AvgIpc) is 2.76. The van der Waals surface area contributed by atoms with Crippen LogP contribution >= 0.6 is 0 Å². The first kappa shape index (κ1) is 13.4. The van der Waals surface area contributed by atoms with E-state index in [0.717, 1.165) is 6.07 Å². The van der Waals surface area contributed by atoms with E-state index in [4.69, 9.17) is 9.84 Å². The molecule has 1 aromatic heterocycles. The van der Waals surface area contributed by atoms with Crippen LogP contribution in [0, 0.1) is 0 Å². The van der Waals surface area contributed by atoms with Gasteiger partial charge >= 0.3 is 6.18 Å². The molecule has 102 valence electrons. The van der Waals surface area contributed by atoms with E-state index in [-0.39, 0.29) is 24.7 Å². The van der Waals surface area contributed by atoms with E-state index in [2.05, 4.69) is 5.10 Å². The fraction of sp³-hybridized carbons (Fsp3) is 0.250. The molecule has 0 saturated carbocycles. The lowest BCUT2D eigenvalue weighted by Gasteiger charge is -2.12. The number of nitrogens with zero attached hydrogens (tertiary/aromatic N) is 2. The molecule has 1 heterocycles. The third kappa shape index (κ3) is 3.25. The third-order valence-electron chi connectivity index (χ3n) is 2.36. The van der Waals surface area contributed by atoms with E-state index >= 15 is 0 Å². The number of benzene rings is 1. The molecular weight excluding hydrogens is 261 g/mol. The molecule has 2 aromatic rings. The molecule has 1 aromatic carbocycles. The molecular formula is C12H11F3N2O2. The summed E-state index contributed by atoms with van der Waals surface area (Å²) in [5.41, 5.74) is -0.843. The highest BCUT2D eigenvalue weighted by Crippen LogP contribution is 2.37. The number of hydrogen-bond donors (Lipinski definition) is 1. The Hall–Kier alpha value is -2.02. The van der Waals surface area contributed by atoms with Crippen LogP contribution < -0.4 is 4.74 Å². The van der Waals surface area contributed by atoms with Crippen molar-refractivity contribution in [1.82, 2.24) is 9.78 Å². The molecule has 2 rings (SSSR count). The van der Waals surface area contributed by atoms with Crippen molar-refractivity contribution in [1.29, 1.82) is 0 Å². The molecule has 0 spiro atoms. The van der Waals surface area contributed by atoms with Gasteiger partial charge in [0.25, 0.3) is 0 Å². The number of halogens is 3. The van der Waals surface area contributed by atoms with E-state index in [0.29, 0.717) is 0 Å². The molecule has 0 aliphatic heterocycles. The Kier molecular flexibility index (Phi) is 3.75. The molecule has 7 heteroatoms. The second kappa shape index (κ2) is 5.31. The zero-order valence-electron chi connectivity index (χ0n) is 9.76. The molecule has 0 aliphatic carbocycles. The second-order valence-corrected chi connectivity index (χ2v) is 3.76. The molecule has 19 heavy (non-hydrogen) atoms. The highest BCUT2D eigenvalue weighted by atomic mass is 19.4. The Morgan fingerprint density at radius 1 is 1.26 bits per heavy atom. The zero-order chi connectivity index (χ0) is 13.9. The maximum absolute atomic E-state index is 12.7. The lowest BCUT2D eigenvalue weighted by atomic mass is 10.2. The van der Waals surface area contributed by atoms with Gasteiger partial charge in [0.05, 0.1) is 31.1 Å². The smallest absolute Gasteiger partial charge is 0.419 e. The van der Waals surface area contributed by atoms with Crippen molar-refractivity contribution < 1.29 is 23.0 Å². The monoisotopic (exact) mass is 272 g/mol. The average molecular weight is 272 g/mol. The molecule has 1 N–H and O–H groups in total. The Labute approximate surface area is 107 Å². The number of para-hydroxylation sites is 1. The molecule has 0 bridgehead atoms. The molecule has 0 amide bonds. The van der Waals surface area contributed by atoms with Crippen LogP contribution in [0.5, 0.6) is 11.5 Å². The number of alkyl halides is 3. The molecule has 0 aliphatic rings. The fourth-order valence-corrected chi connectivity index (χ4v) is 1.54. The van der Waals surface area contributed by atoms with Crippen LogP contribution in [0.2, 0.25) is 0 Å². The summed E-state index contributed by atoms with van der Waals surface area (Å²) >= 11 is 0. The predicted molar refractivity (Wildman–Crippen MR) is 60.8 cm³/mol. The van der Waals surface area contributed by atoms with Gasteiger partial charge in [0, 0.05) is 0 Å². The van der Waals surface area contributed by atoms with E-state index in [1.54, 1.807) is 0 Å². The van der Waals surface area contributed by atoms with Gasteiger partial charge in [-0.1, -0.05) is 12.1 Å². The van der Waals surface area contributed by atoms with Gasteiger partial charge in [-0.3, -0.25) is 4.68 Å². The van der Waals surface area contributed by atoms with Gasteiger partial charge in [0.2, 0.25) is 0 Å². The maximum atomic E-state index is 12.7. The van der Waals surface area contributed by atoms with Crippen molar-refractivity contribution in [3.8, 4) is 11.5 Å². The van der Waals surface area contributed by atoms with Gasteiger partial charge in [-0.25, -0.2) is 0 Å². The summed E-state index contributed by atoms with van der Waals surface area (Å²) < 4.78 is 44.8. The number of rotatable bonds is 4. The SMILES string of the molecule is OCCn1cc(Oc2ccccc2C(F)(F)F)cn1. The van der Waals surface area contributed by atoms with E-state index in [1.165, 1.54) is 35.3 Å². The summed E-state index contributed by atoms with van der Waals surface area (Å²) in [6.45, 7) is 0.143. The largest absolute Gasteiger partial charge is 0.453 e. The van der Waals surface area contributed by atoms with Crippen LogP contribution in [0.4, 0.5) is 13.2 Å². The van der Waals surface area contributed by atoms with Gasteiger partial charge in [-0.2, -0.15) is 18.3 Å². The summed E-state index contributed by atoms with van der Waals surface area (Å²) in [5.74, 6) is -0.0938. The number of aliphatic hydroxyl groups is 1. The second-order valence-electron chi connectivity index (χ2n) is 3.76. The van der Waals surface area contributed by atoms with Gasteiger partial charge in [0.1, 0.15) is 5.75 Å². The molecule has 0 unspecified atom stereocenters. The van der Waals surface area contributed by atoms with Crippen molar-refractivity contribution in [2.45, 2.75) is 12.7 Å². The quantitative estimate of drug-likeness (QED) is 0.930. The topological polar surface area (TPSA) is 47.3 Å². The van der Waals surface area contributed by atoms with E-state index in [9.17, 15) is 13.2 Å². The minimum absolute atomic E-state index is 0.111. The van der Waals surface area contributed by atoms with Crippen molar-refractivity contribution in [2.75, 3.05) is 6.61 Å². The van der Waals surface area contributed by atoms with E-state index < -0.39 is 11.7 Å². The lowest BCUT2D eigenvalue weighted by molar-refractivity contribution is -0.138. The van der Waals surface area contributed by atoms with Gasteiger partial charge in [-0.15, -0.1) is 0 Å². The summed E-state index contributed by atoms with van der Waals surface area (Å²) in [7, 11) is 0. The standard InChI is InChI=1S/C12H11F3N2O2/c13-12(14,15)10-3-1-2-4-11(10)19-9-7-16-17(8-9)5-6-18/h1-4,7-8,18H,5-6H2. The summed E-state index contributed by atoms with van der Waals surface area (Å²) in [4.78, 5) is 0. The Bertz CT molecular complexity index is 552. The van der Waals surface area contributed by atoms with Gasteiger partial charge in [0.15, 0.2) is 5.75 Å². The van der Waals surface area contributed by atoms with Crippen molar-refractivity contribution >= 4 is 0 Å². The van der Waals surface area contributed by atoms with Crippen LogP contribution in [0.25, 0.3) is 0 Å². The van der Waals surface area contributed by atoms with Crippen LogP contribution in [0.1, 0.15) is 5.56 Å². The molecule has 4 nitrogen and oxygen atoms in total. The van der Waals surface area contributed by atoms with Crippen molar-refractivity contribution in [2.24, 2.45) is 0 Å². The number of ether oxygens (including phenoxy) is 1. The number of aliphatic hydroxyl groups excluding tert-OH is 1. The zero-order valence-corrected chi connectivity index (χ0v) is 9.76. The Morgan fingerprint density at radius 2 is 2.00 bits per heavy atom. The third-order valence-corrected chi connectivity index (χ3v) is 2.36. The number of hydrogen-bond acceptors (Lipinski definition) is 3. The highest BCUT2D eigenvalue weighted by molar-refractivity contribution is 5.38. The molecule has 0 radical (unpaired) electrons. The van der Waals surface area contributed by atoms with Crippen LogP contribution in [0.15, 0.2) is 36.7 Å². The predicted octanol–water partition coefficient (Wildman–Crippen LogP) is 2.69. The van der Waals surface area contributed by atoms with Gasteiger partial charge in [-0.05, 0) is 12.1 Å². The van der Waals surface area contributed by atoms with Crippen LogP contribution in [-0.4, -0.2) is 21.5 Å². The fourth-order valence-electron chi connectivity index (χ4n) is 1.54. The first-order valence-electron chi connectivity index (χ1n) is 5.48. The molecule has 0 saturated heterocycles. The minimum atomic E-state index is -4.47. The summed E-state index contributed by atoms with van der Waals surface area (Å²) in [5, 5.41) is 12.6. The first-order valence-corrected chi connectivity index (χ1v) is 5.48. The van der Waals surface area contributed by atoms with Crippen LogP contribution in [-0.2, 0) is 12.7 Å². The minimum Gasteiger partial charge on any atom is -0.453 e. The summed E-state index contributed by atoms with van der Waals surface area (Å²) in [6.07, 6.45) is -1.76. The first-order chi connectivity index (χ1) is 9.00. The Balaban J connectivity index is 2.23. The van der Waals surface area contributed by atoms with Crippen molar-refractivity contribution in [3.05, 3.63) is 42.2 Å². The molecule has 0 fully saturated rings. The van der Waals surface area contributed by atoms with Gasteiger partial charge < -0.3 is 9.84 Å². The summed E-state index contributed by atoms with van der Waals surface area (Å²) in [6, 6.07) is 4.95. The normalized spacial score (nSPS) is 11.6. The van der Waals surface area contributed by atoms with E-state index in [1.807, 2.05) is 0 Å².